The molecule has 0 unspecified atom stereocenters. The minimum atomic E-state index is -1.12. The predicted octanol–water partition coefficient (Wildman–Crippen LogP) is 2.80. The van der Waals surface area contributed by atoms with Crippen molar-refractivity contribution >= 4 is 17.5 Å². The highest BCUT2D eigenvalue weighted by Gasteiger charge is 2.07. The lowest BCUT2D eigenvalue weighted by Gasteiger charge is -2.07. The fourth-order valence-electron chi connectivity index (χ4n) is 1.36. The fourth-order valence-corrected chi connectivity index (χ4v) is 1.36. The van der Waals surface area contributed by atoms with Crippen molar-refractivity contribution in [3.63, 3.8) is 0 Å². The molecule has 0 saturated heterocycles. The van der Waals surface area contributed by atoms with Crippen LogP contribution in [-0.2, 0) is 0 Å². The van der Waals surface area contributed by atoms with Gasteiger partial charge in [0.25, 0.3) is 0 Å². The summed E-state index contributed by atoms with van der Waals surface area (Å²) in [5.41, 5.74) is -0.102. The van der Waals surface area contributed by atoms with Crippen molar-refractivity contribution in [1.29, 1.82) is 0 Å². The van der Waals surface area contributed by atoms with Crippen LogP contribution in [0.15, 0.2) is 36.5 Å². The summed E-state index contributed by atoms with van der Waals surface area (Å²) in [6.45, 7) is 0. The summed E-state index contributed by atoms with van der Waals surface area (Å²) in [5, 5.41) is 11.3. The number of benzene rings is 1. The molecule has 6 heteroatoms. The van der Waals surface area contributed by atoms with Gasteiger partial charge in [-0.05, 0) is 24.3 Å². The molecule has 0 bridgehead atoms. The molecule has 0 amide bonds. The van der Waals surface area contributed by atoms with Crippen LogP contribution in [0.4, 0.5) is 20.3 Å². The van der Waals surface area contributed by atoms with E-state index < -0.39 is 17.6 Å². The SMILES string of the molecule is O=C(O)c1ccnc(Nc2cc(F)ccc2F)c1. The number of nitrogens with zero attached hydrogens (tertiary/aromatic N) is 1. The Balaban J connectivity index is 2.31. The first-order valence-electron chi connectivity index (χ1n) is 4.97. The summed E-state index contributed by atoms with van der Waals surface area (Å²) in [6, 6.07) is 5.45. The van der Waals surface area contributed by atoms with E-state index in [4.69, 9.17) is 5.11 Å². The lowest BCUT2D eigenvalue weighted by Crippen LogP contribution is -2.01. The van der Waals surface area contributed by atoms with E-state index in [1.165, 1.54) is 18.3 Å². The molecule has 1 aromatic heterocycles. The highest BCUT2D eigenvalue weighted by Crippen LogP contribution is 2.20. The summed E-state index contributed by atoms with van der Waals surface area (Å²) < 4.78 is 26.3. The first kappa shape index (κ1) is 12.0. The summed E-state index contributed by atoms with van der Waals surface area (Å²) in [4.78, 5) is 14.6. The summed E-state index contributed by atoms with van der Waals surface area (Å²) in [6.07, 6.45) is 1.27. The molecular weight excluding hydrogens is 242 g/mol. The largest absolute Gasteiger partial charge is 0.478 e. The number of aromatic nitrogens is 1. The number of nitrogens with one attached hydrogen (secondary N) is 1. The number of anilines is 2. The van der Waals surface area contributed by atoms with Gasteiger partial charge in [0, 0.05) is 12.3 Å². The number of rotatable bonds is 3. The van der Waals surface area contributed by atoms with Crippen LogP contribution in [0.5, 0.6) is 0 Å². The van der Waals surface area contributed by atoms with Crippen molar-refractivity contribution in [2.75, 3.05) is 5.32 Å². The van der Waals surface area contributed by atoms with E-state index in [0.29, 0.717) is 0 Å². The third-order valence-corrected chi connectivity index (χ3v) is 2.20. The van der Waals surface area contributed by atoms with Crippen LogP contribution < -0.4 is 5.32 Å². The third-order valence-electron chi connectivity index (χ3n) is 2.20. The molecule has 0 fully saturated rings. The summed E-state index contributed by atoms with van der Waals surface area (Å²) in [7, 11) is 0. The third kappa shape index (κ3) is 2.60. The zero-order chi connectivity index (χ0) is 13.1. The molecule has 92 valence electrons. The number of halogens is 2. The summed E-state index contributed by atoms with van der Waals surface area (Å²) >= 11 is 0. The van der Waals surface area contributed by atoms with E-state index in [9.17, 15) is 13.6 Å². The van der Waals surface area contributed by atoms with Gasteiger partial charge in [0.15, 0.2) is 0 Å². The maximum Gasteiger partial charge on any atom is 0.335 e. The monoisotopic (exact) mass is 250 g/mol. The molecule has 18 heavy (non-hydrogen) atoms. The Bertz CT molecular complexity index is 602. The van der Waals surface area contributed by atoms with Gasteiger partial charge in [0.2, 0.25) is 0 Å². The van der Waals surface area contributed by atoms with Gasteiger partial charge in [0.05, 0.1) is 11.3 Å². The first-order chi connectivity index (χ1) is 8.56. The Morgan fingerprint density at radius 2 is 2.00 bits per heavy atom. The molecule has 2 aromatic rings. The van der Waals surface area contributed by atoms with Gasteiger partial charge in [-0.1, -0.05) is 0 Å². The topological polar surface area (TPSA) is 62.2 Å². The fraction of sp³-hybridized carbons (Fsp3) is 0. The Labute approximate surface area is 101 Å². The number of pyridine rings is 1. The van der Waals surface area contributed by atoms with Gasteiger partial charge < -0.3 is 10.4 Å². The van der Waals surface area contributed by atoms with Gasteiger partial charge in [-0.3, -0.25) is 0 Å². The molecule has 0 aliphatic rings. The van der Waals surface area contributed by atoms with E-state index in [1.54, 1.807) is 0 Å². The predicted molar refractivity (Wildman–Crippen MR) is 60.8 cm³/mol. The Hall–Kier alpha value is -2.50. The van der Waals surface area contributed by atoms with Crippen molar-refractivity contribution in [2.24, 2.45) is 0 Å². The maximum atomic E-state index is 13.3. The molecular formula is C12H8F2N2O2. The summed E-state index contributed by atoms with van der Waals surface area (Å²) in [5.74, 6) is -2.26. The Morgan fingerprint density at radius 1 is 1.22 bits per heavy atom. The second-order valence-electron chi connectivity index (χ2n) is 3.48. The molecule has 2 rings (SSSR count). The lowest BCUT2D eigenvalue weighted by molar-refractivity contribution is 0.0697. The van der Waals surface area contributed by atoms with E-state index in [1.807, 2.05) is 0 Å². The van der Waals surface area contributed by atoms with Crippen molar-refractivity contribution in [3.05, 3.63) is 53.7 Å². The standard InChI is InChI=1S/C12H8F2N2O2/c13-8-1-2-9(14)10(6-8)16-11-5-7(12(17)18)3-4-15-11/h1-6H,(H,15,16)(H,17,18). The molecule has 0 radical (unpaired) electrons. The van der Waals surface area contributed by atoms with Crippen LogP contribution in [0.2, 0.25) is 0 Å². The van der Waals surface area contributed by atoms with E-state index in [0.717, 1.165) is 18.2 Å². The smallest absolute Gasteiger partial charge is 0.335 e. The molecule has 1 aromatic carbocycles. The van der Waals surface area contributed by atoms with Crippen LogP contribution in [0, 0.1) is 11.6 Å². The average molecular weight is 250 g/mol. The van der Waals surface area contributed by atoms with E-state index >= 15 is 0 Å². The van der Waals surface area contributed by atoms with Crippen LogP contribution in [0.25, 0.3) is 0 Å². The van der Waals surface area contributed by atoms with Gasteiger partial charge in [-0.2, -0.15) is 0 Å². The zero-order valence-electron chi connectivity index (χ0n) is 9.02. The van der Waals surface area contributed by atoms with Gasteiger partial charge >= 0.3 is 5.97 Å². The highest BCUT2D eigenvalue weighted by molar-refractivity contribution is 5.88. The molecule has 2 N–H and O–H groups in total. The first-order valence-corrected chi connectivity index (χ1v) is 4.97. The molecule has 0 aliphatic heterocycles. The maximum absolute atomic E-state index is 13.3. The van der Waals surface area contributed by atoms with Crippen molar-refractivity contribution in [2.45, 2.75) is 0 Å². The van der Waals surface area contributed by atoms with Crippen molar-refractivity contribution in [3.8, 4) is 0 Å². The van der Waals surface area contributed by atoms with Crippen LogP contribution >= 0.6 is 0 Å². The number of carbonyl (C=O) groups is 1. The quantitative estimate of drug-likeness (QED) is 0.879. The number of aromatic carboxylic acids is 1. The van der Waals surface area contributed by atoms with E-state index in [-0.39, 0.29) is 17.1 Å². The molecule has 0 saturated carbocycles. The van der Waals surface area contributed by atoms with Gasteiger partial charge in [-0.25, -0.2) is 18.6 Å². The zero-order valence-corrected chi connectivity index (χ0v) is 9.02. The second kappa shape index (κ2) is 4.79. The van der Waals surface area contributed by atoms with Crippen LogP contribution in [-0.4, -0.2) is 16.1 Å². The normalized spacial score (nSPS) is 10.1. The number of hydrogen-bond donors (Lipinski definition) is 2. The lowest BCUT2D eigenvalue weighted by atomic mass is 10.2. The minimum absolute atomic E-state index is 0.00399. The molecule has 1 heterocycles. The van der Waals surface area contributed by atoms with E-state index in [2.05, 4.69) is 10.3 Å². The average Bonchev–Trinajstić information content (AvgIpc) is 2.34. The van der Waals surface area contributed by atoms with Gasteiger partial charge in [-0.15, -0.1) is 0 Å². The highest BCUT2D eigenvalue weighted by atomic mass is 19.1. The van der Waals surface area contributed by atoms with Crippen LogP contribution in [0.1, 0.15) is 10.4 Å². The molecule has 0 aliphatic carbocycles. The number of carboxylic acids is 1. The number of carboxylic acid groups (broad SMARTS) is 1. The van der Waals surface area contributed by atoms with Crippen molar-refractivity contribution in [1.82, 2.24) is 4.98 Å². The minimum Gasteiger partial charge on any atom is -0.478 e. The molecule has 0 spiro atoms. The van der Waals surface area contributed by atoms with Gasteiger partial charge in [0.1, 0.15) is 17.5 Å². The second-order valence-corrected chi connectivity index (χ2v) is 3.48. The van der Waals surface area contributed by atoms with Crippen LogP contribution in [0.3, 0.4) is 0 Å². The molecule has 0 atom stereocenters. The Morgan fingerprint density at radius 3 is 2.72 bits per heavy atom. The van der Waals surface area contributed by atoms with Crippen molar-refractivity contribution < 1.29 is 18.7 Å². The number of hydrogen-bond acceptors (Lipinski definition) is 3. The Kier molecular flexibility index (Phi) is 3.18. The molecule has 4 nitrogen and oxygen atoms in total.